The molecule has 0 atom stereocenters. The number of hydrogen-bond donors (Lipinski definition) is 1. The Morgan fingerprint density at radius 3 is 2.57 bits per heavy atom. The fourth-order valence-electron chi connectivity index (χ4n) is 2.04. The molecule has 2 aromatic rings. The molecule has 0 bridgehead atoms. The van der Waals surface area contributed by atoms with Gasteiger partial charge < -0.3 is 14.8 Å². The fourth-order valence-corrected chi connectivity index (χ4v) is 2.04. The first-order valence-electron chi connectivity index (χ1n) is 7.46. The molecule has 0 aromatic heterocycles. The van der Waals surface area contributed by atoms with Gasteiger partial charge in [-0.15, -0.1) is 0 Å². The van der Waals surface area contributed by atoms with Crippen LogP contribution in [0.1, 0.15) is 12.0 Å². The highest BCUT2D eigenvalue weighted by Crippen LogP contribution is 2.15. The summed E-state index contributed by atoms with van der Waals surface area (Å²) >= 11 is 0. The van der Waals surface area contributed by atoms with Crippen molar-refractivity contribution >= 4 is 5.91 Å². The van der Waals surface area contributed by atoms with Crippen LogP contribution in [-0.4, -0.2) is 26.2 Å². The predicted octanol–water partition coefficient (Wildman–Crippen LogP) is 2.96. The second-order valence-electron chi connectivity index (χ2n) is 4.98. The Balaban J connectivity index is 1.64. The van der Waals surface area contributed by atoms with Crippen molar-refractivity contribution in [3.63, 3.8) is 0 Å². The van der Waals surface area contributed by atoms with E-state index in [1.807, 2.05) is 24.3 Å². The summed E-state index contributed by atoms with van der Waals surface area (Å²) in [6.45, 7) is 0.695. The van der Waals surface area contributed by atoms with E-state index < -0.39 is 5.82 Å². The Hall–Kier alpha value is -2.56. The summed E-state index contributed by atoms with van der Waals surface area (Å²) in [4.78, 5) is 11.7. The molecule has 4 nitrogen and oxygen atoms in total. The summed E-state index contributed by atoms with van der Waals surface area (Å²) in [6, 6.07) is 13.8. The van der Waals surface area contributed by atoms with Gasteiger partial charge in [-0.25, -0.2) is 4.39 Å². The van der Waals surface area contributed by atoms with Gasteiger partial charge in [0.15, 0.2) is 11.6 Å². The lowest BCUT2D eigenvalue weighted by Crippen LogP contribution is -2.27. The monoisotopic (exact) mass is 317 g/mol. The van der Waals surface area contributed by atoms with Gasteiger partial charge >= 0.3 is 0 Å². The Morgan fingerprint density at radius 2 is 1.87 bits per heavy atom. The smallest absolute Gasteiger partial charge is 0.223 e. The van der Waals surface area contributed by atoms with Crippen molar-refractivity contribution in [1.82, 2.24) is 5.32 Å². The van der Waals surface area contributed by atoms with Gasteiger partial charge in [0.05, 0.1) is 20.1 Å². The zero-order chi connectivity index (χ0) is 16.5. The zero-order valence-corrected chi connectivity index (χ0v) is 13.0. The van der Waals surface area contributed by atoms with Gasteiger partial charge in [-0.05, 0) is 36.2 Å². The van der Waals surface area contributed by atoms with Crippen LogP contribution in [0, 0.1) is 5.82 Å². The molecule has 0 radical (unpaired) electrons. The third-order valence-corrected chi connectivity index (χ3v) is 3.32. The van der Waals surface area contributed by atoms with Crippen molar-refractivity contribution in [1.29, 1.82) is 0 Å². The zero-order valence-electron chi connectivity index (χ0n) is 13.0. The molecule has 0 aliphatic heterocycles. The van der Waals surface area contributed by atoms with Crippen LogP contribution in [0.15, 0.2) is 48.5 Å². The molecular formula is C18H20FNO3. The van der Waals surface area contributed by atoms with Crippen LogP contribution >= 0.6 is 0 Å². The molecule has 0 fully saturated rings. The minimum Gasteiger partial charge on any atom is -0.497 e. The average molecular weight is 317 g/mol. The quantitative estimate of drug-likeness (QED) is 0.814. The van der Waals surface area contributed by atoms with Crippen LogP contribution in [0.25, 0.3) is 0 Å². The number of halogens is 1. The SMILES string of the molecule is COc1ccc(CCNC(=O)CCOc2ccccc2F)cc1. The van der Waals surface area contributed by atoms with E-state index in [0.29, 0.717) is 6.54 Å². The van der Waals surface area contributed by atoms with Crippen LogP contribution in [0.5, 0.6) is 11.5 Å². The van der Waals surface area contributed by atoms with Crippen molar-refractivity contribution in [2.45, 2.75) is 12.8 Å². The van der Waals surface area contributed by atoms with Crippen molar-refractivity contribution in [2.75, 3.05) is 20.3 Å². The van der Waals surface area contributed by atoms with Crippen molar-refractivity contribution in [2.24, 2.45) is 0 Å². The topological polar surface area (TPSA) is 47.6 Å². The Bertz CT molecular complexity index is 628. The third kappa shape index (κ3) is 5.62. The van der Waals surface area contributed by atoms with Crippen molar-refractivity contribution in [3.05, 3.63) is 59.9 Å². The summed E-state index contributed by atoms with van der Waals surface area (Å²) in [6.07, 6.45) is 0.931. The molecule has 1 amide bonds. The maximum atomic E-state index is 13.3. The highest BCUT2D eigenvalue weighted by atomic mass is 19.1. The van der Waals surface area contributed by atoms with Gasteiger partial charge in [-0.1, -0.05) is 24.3 Å². The molecular weight excluding hydrogens is 297 g/mol. The summed E-state index contributed by atoms with van der Waals surface area (Å²) in [5.74, 6) is 0.434. The number of rotatable bonds is 8. The van der Waals surface area contributed by atoms with E-state index in [1.54, 1.807) is 19.2 Å². The number of amides is 1. The number of hydrogen-bond acceptors (Lipinski definition) is 3. The van der Waals surface area contributed by atoms with Crippen LogP contribution in [0.3, 0.4) is 0 Å². The number of para-hydroxylation sites is 1. The van der Waals surface area contributed by atoms with Crippen LogP contribution < -0.4 is 14.8 Å². The van der Waals surface area contributed by atoms with Gasteiger partial charge in [0.2, 0.25) is 5.91 Å². The molecule has 0 spiro atoms. The van der Waals surface area contributed by atoms with E-state index in [1.165, 1.54) is 12.1 Å². The average Bonchev–Trinajstić information content (AvgIpc) is 2.57. The minimum absolute atomic E-state index is 0.116. The van der Waals surface area contributed by atoms with Gasteiger partial charge in [0.1, 0.15) is 5.75 Å². The maximum Gasteiger partial charge on any atom is 0.223 e. The molecule has 1 N–H and O–H groups in total. The number of nitrogens with one attached hydrogen (secondary N) is 1. The standard InChI is InChI=1S/C18H20FNO3/c1-22-15-8-6-14(7-9-15)10-12-20-18(21)11-13-23-17-5-3-2-4-16(17)19/h2-9H,10-13H2,1H3,(H,20,21). The Kier molecular flexibility index (Phi) is 6.41. The minimum atomic E-state index is -0.424. The molecule has 23 heavy (non-hydrogen) atoms. The molecule has 122 valence electrons. The second kappa shape index (κ2) is 8.78. The first-order valence-corrected chi connectivity index (χ1v) is 7.46. The first-order chi connectivity index (χ1) is 11.2. The fraction of sp³-hybridized carbons (Fsp3) is 0.278. The lowest BCUT2D eigenvalue weighted by Gasteiger charge is -2.08. The van der Waals surface area contributed by atoms with E-state index in [9.17, 15) is 9.18 Å². The van der Waals surface area contributed by atoms with Crippen molar-refractivity contribution < 1.29 is 18.7 Å². The summed E-state index contributed by atoms with van der Waals surface area (Å²) in [7, 11) is 1.62. The van der Waals surface area contributed by atoms with Gasteiger partial charge in [0, 0.05) is 6.54 Å². The highest BCUT2D eigenvalue weighted by Gasteiger charge is 2.04. The number of carbonyl (C=O) groups is 1. The summed E-state index contributed by atoms with van der Waals surface area (Å²) in [5, 5.41) is 2.82. The van der Waals surface area contributed by atoms with E-state index in [-0.39, 0.29) is 24.7 Å². The van der Waals surface area contributed by atoms with Gasteiger partial charge in [-0.3, -0.25) is 4.79 Å². The number of benzene rings is 2. The van der Waals surface area contributed by atoms with Crippen LogP contribution in [-0.2, 0) is 11.2 Å². The maximum absolute atomic E-state index is 13.3. The molecule has 0 heterocycles. The first kappa shape index (κ1) is 16.8. The Labute approximate surface area is 135 Å². The van der Waals surface area contributed by atoms with Gasteiger partial charge in [-0.2, -0.15) is 0 Å². The largest absolute Gasteiger partial charge is 0.497 e. The molecule has 2 aromatic carbocycles. The summed E-state index contributed by atoms with van der Waals surface area (Å²) in [5.41, 5.74) is 1.12. The molecule has 0 saturated carbocycles. The number of methoxy groups -OCH3 is 1. The normalized spacial score (nSPS) is 10.2. The number of ether oxygens (including phenoxy) is 2. The van der Waals surface area contributed by atoms with Gasteiger partial charge in [0.25, 0.3) is 0 Å². The molecule has 2 rings (SSSR count). The lowest BCUT2D eigenvalue weighted by atomic mass is 10.1. The van der Waals surface area contributed by atoms with Crippen LogP contribution in [0.2, 0.25) is 0 Å². The molecule has 5 heteroatoms. The summed E-state index contributed by atoms with van der Waals surface area (Å²) < 4.78 is 23.7. The molecule has 0 unspecified atom stereocenters. The number of carbonyl (C=O) groups excluding carboxylic acids is 1. The molecule has 0 saturated heterocycles. The predicted molar refractivity (Wildman–Crippen MR) is 86.2 cm³/mol. The second-order valence-corrected chi connectivity index (χ2v) is 4.98. The lowest BCUT2D eigenvalue weighted by molar-refractivity contribution is -0.121. The van der Waals surface area contributed by atoms with Crippen molar-refractivity contribution in [3.8, 4) is 11.5 Å². The molecule has 0 aliphatic rings. The Morgan fingerprint density at radius 1 is 1.13 bits per heavy atom. The third-order valence-electron chi connectivity index (χ3n) is 3.32. The van der Waals surface area contributed by atoms with E-state index in [2.05, 4.69) is 5.32 Å². The van der Waals surface area contributed by atoms with E-state index in [4.69, 9.17) is 9.47 Å². The van der Waals surface area contributed by atoms with E-state index >= 15 is 0 Å². The highest BCUT2D eigenvalue weighted by molar-refractivity contribution is 5.75. The van der Waals surface area contributed by atoms with Crippen LogP contribution in [0.4, 0.5) is 4.39 Å². The van der Waals surface area contributed by atoms with E-state index in [0.717, 1.165) is 17.7 Å². The molecule has 0 aliphatic carbocycles.